The van der Waals surface area contributed by atoms with Crippen molar-refractivity contribution in [2.75, 3.05) is 89.1 Å². The number of rotatable bonds is 16. The normalized spacial score (nSPS) is 8.88. The smallest absolute Gasteiger partial charge is 0.145 e. The zero-order chi connectivity index (χ0) is 35.1. The molecule has 264 valence electrons. The number of aliphatic imine (C=N–C) groups is 2. The van der Waals surface area contributed by atoms with Gasteiger partial charge in [-0.1, -0.05) is 71.3 Å². The van der Waals surface area contributed by atoms with Crippen LogP contribution in [0.4, 0.5) is 0 Å². The summed E-state index contributed by atoms with van der Waals surface area (Å²) in [6.45, 7) is 27.7. The molecule has 0 amide bonds. The van der Waals surface area contributed by atoms with Crippen molar-refractivity contribution in [1.29, 1.82) is 0 Å². The van der Waals surface area contributed by atoms with Gasteiger partial charge < -0.3 is 33.8 Å². The Labute approximate surface area is 269 Å². The van der Waals surface area contributed by atoms with Gasteiger partial charge in [0.25, 0.3) is 0 Å². The van der Waals surface area contributed by atoms with E-state index in [9.17, 15) is 0 Å². The quantitative estimate of drug-likeness (QED) is 0.0612. The standard InChI is InChI=1S/C6H10.C5H12O.C5H12.C4H10O2.C4H10O.C3H6N2.C3H8N2.C3H8O2/c2*1-3-5-6-4-2;1-3-5-4-2;1-5-3-4-6-2;1-3-4-5-2;1-4-3-5-2;1-3-5-4-2;1-4-3-5-2/h3-6H,1-2H3;3-5H2,1-2H3;3-5H2,1-2H3;3-4H2,1-2H3;3-4H2,1-2H3;1-3H2;3-4H,1-2H3;3H2,1-2H3/b5-3-,6-4-;;;;;;5-3-;. The van der Waals surface area contributed by atoms with Crippen LogP contribution in [0, 0.1) is 0 Å². The van der Waals surface area contributed by atoms with Crippen LogP contribution >= 0.6 is 0 Å². The molecule has 0 aromatic carbocycles. The van der Waals surface area contributed by atoms with Crippen molar-refractivity contribution in [3.8, 4) is 0 Å². The summed E-state index contributed by atoms with van der Waals surface area (Å²) in [6.07, 6.45) is 16.0. The molecular weight excluding hydrogens is 548 g/mol. The predicted octanol–water partition coefficient (Wildman–Crippen LogP) is 7.88. The van der Waals surface area contributed by atoms with Crippen molar-refractivity contribution in [3.63, 3.8) is 0 Å². The minimum Gasteiger partial charge on any atom is -0.385 e. The molecule has 0 aliphatic rings. The van der Waals surface area contributed by atoms with Gasteiger partial charge >= 0.3 is 0 Å². The fraction of sp³-hybridized carbons (Fsp3) is 0.788. The number of hydrogen-bond acceptors (Lipinski definition) is 10. The van der Waals surface area contributed by atoms with Crippen molar-refractivity contribution in [1.82, 2.24) is 5.43 Å². The molecule has 43 heavy (non-hydrogen) atoms. The third-order valence-corrected chi connectivity index (χ3v) is 3.35. The lowest BCUT2D eigenvalue weighted by atomic mass is 10.3. The molecule has 0 spiro atoms. The molecule has 0 aromatic heterocycles. The van der Waals surface area contributed by atoms with Crippen LogP contribution in [0.5, 0.6) is 0 Å². The highest BCUT2D eigenvalue weighted by molar-refractivity contribution is 5.52. The highest BCUT2D eigenvalue weighted by atomic mass is 16.6. The summed E-state index contributed by atoms with van der Waals surface area (Å²) in [5.74, 6) is 0. The van der Waals surface area contributed by atoms with Gasteiger partial charge in [0.05, 0.1) is 13.2 Å². The van der Waals surface area contributed by atoms with E-state index in [1.54, 1.807) is 48.8 Å². The monoisotopic (exact) mass is 625 g/mol. The third-order valence-electron chi connectivity index (χ3n) is 3.35. The Morgan fingerprint density at radius 3 is 1.09 bits per heavy atom. The number of hydrogen-bond donors (Lipinski definition) is 1. The largest absolute Gasteiger partial charge is 0.385 e. The molecule has 0 saturated heterocycles. The van der Waals surface area contributed by atoms with Crippen molar-refractivity contribution in [3.05, 3.63) is 24.3 Å². The summed E-state index contributed by atoms with van der Waals surface area (Å²) < 4.78 is 27.9. The number of nitrogens with zero attached hydrogens (tertiary/aromatic N) is 3. The number of allylic oxidation sites excluding steroid dienone is 4. The van der Waals surface area contributed by atoms with Gasteiger partial charge in [-0.15, -0.1) is 0 Å². The van der Waals surface area contributed by atoms with E-state index in [0.29, 0.717) is 26.7 Å². The fourth-order valence-corrected chi connectivity index (χ4v) is 1.55. The maximum atomic E-state index is 4.98. The maximum absolute atomic E-state index is 4.98. The van der Waals surface area contributed by atoms with Gasteiger partial charge in [-0.3, -0.25) is 9.98 Å². The molecule has 0 aliphatic carbocycles. The molecule has 0 radical (unpaired) electrons. The minimum atomic E-state index is 0.389. The molecule has 0 rings (SSSR count). The number of ether oxygens (including phenoxy) is 6. The van der Waals surface area contributed by atoms with Crippen molar-refractivity contribution in [2.45, 2.75) is 87.5 Å². The van der Waals surface area contributed by atoms with E-state index >= 15 is 0 Å². The maximum Gasteiger partial charge on any atom is 0.145 e. The first-order valence-corrected chi connectivity index (χ1v) is 15.1. The second-order valence-electron chi connectivity index (χ2n) is 7.48. The van der Waals surface area contributed by atoms with Crippen LogP contribution < -0.4 is 5.43 Å². The lowest BCUT2D eigenvalue weighted by molar-refractivity contribution is -0.00272. The summed E-state index contributed by atoms with van der Waals surface area (Å²) in [4.78, 5) is 6.75. The highest BCUT2D eigenvalue weighted by Crippen LogP contribution is 1.88. The van der Waals surface area contributed by atoms with Crippen molar-refractivity contribution >= 4 is 19.6 Å². The molecule has 10 heteroatoms. The van der Waals surface area contributed by atoms with Crippen LogP contribution in [-0.2, 0) is 28.4 Å². The summed E-state index contributed by atoms with van der Waals surface area (Å²) in [6, 6.07) is 0. The van der Waals surface area contributed by atoms with E-state index in [1.165, 1.54) is 19.3 Å². The lowest BCUT2D eigenvalue weighted by Crippen LogP contribution is -1.96. The van der Waals surface area contributed by atoms with E-state index in [2.05, 4.69) is 80.6 Å². The number of unbranched alkanes of at least 4 members (excludes halogenated alkanes) is 2. The molecule has 1 N–H and O–H groups in total. The first-order chi connectivity index (χ1) is 20.8. The fourth-order valence-electron chi connectivity index (χ4n) is 1.55. The summed E-state index contributed by atoms with van der Waals surface area (Å²) >= 11 is 0. The van der Waals surface area contributed by atoms with E-state index in [0.717, 1.165) is 32.7 Å². The van der Waals surface area contributed by atoms with Gasteiger partial charge in [0.2, 0.25) is 0 Å². The lowest BCUT2D eigenvalue weighted by Gasteiger charge is -1.91. The molecule has 0 saturated carbocycles. The SMILES string of the molecule is C/C=C\C=C/C.C/C=N\NC.C=NCN=C.CCCCC.CCCOC.CCCOCC.COCCOC.COCOC. The van der Waals surface area contributed by atoms with Crippen LogP contribution in [0.25, 0.3) is 0 Å². The van der Waals surface area contributed by atoms with Gasteiger partial charge in [0.15, 0.2) is 0 Å². The second-order valence-corrected chi connectivity index (χ2v) is 7.48. The molecule has 0 unspecified atom stereocenters. The Kier molecular flexibility index (Phi) is 136. The Morgan fingerprint density at radius 2 is 1.02 bits per heavy atom. The van der Waals surface area contributed by atoms with E-state index < -0.39 is 0 Å². The first-order valence-electron chi connectivity index (χ1n) is 15.1. The Balaban J connectivity index is -0.0000000544. The molecule has 0 bridgehead atoms. The Bertz CT molecular complexity index is 401. The highest BCUT2D eigenvalue weighted by Gasteiger charge is 1.74. The summed E-state index contributed by atoms with van der Waals surface area (Å²) in [7, 11) is 9.95. The van der Waals surface area contributed by atoms with Gasteiger partial charge in [0, 0.05) is 68.6 Å². The summed E-state index contributed by atoms with van der Waals surface area (Å²) in [5, 5.41) is 3.60. The average Bonchev–Trinajstić information content (AvgIpc) is 3.02. The minimum absolute atomic E-state index is 0.389. The first kappa shape index (κ1) is 60.3. The topological polar surface area (TPSA) is 104 Å². The second kappa shape index (κ2) is 97.3. The van der Waals surface area contributed by atoms with Crippen LogP contribution in [0.1, 0.15) is 87.5 Å². The van der Waals surface area contributed by atoms with Crippen molar-refractivity contribution in [2.24, 2.45) is 15.1 Å². The van der Waals surface area contributed by atoms with E-state index in [4.69, 9.17) is 9.47 Å². The molecule has 0 heterocycles. The summed E-state index contributed by atoms with van der Waals surface area (Å²) in [5.41, 5.74) is 2.59. The van der Waals surface area contributed by atoms with Gasteiger partial charge in [-0.2, -0.15) is 5.10 Å². The molecule has 0 fully saturated rings. The molecule has 10 nitrogen and oxygen atoms in total. The van der Waals surface area contributed by atoms with E-state index in [1.807, 2.05) is 52.0 Å². The van der Waals surface area contributed by atoms with E-state index in [-0.39, 0.29) is 0 Å². The number of nitrogens with one attached hydrogen (secondary N) is 1. The average molecular weight is 625 g/mol. The Morgan fingerprint density at radius 1 is 0.605 bits per heavy atom. The molecule has 0 aliphatic heterocycles. The van der Waals surface area contributed by atoms with Gasteiger partial charge in [-0.05, 0) is 54.0 Å². The van der Waals surface area contributed by atoms with Crippen LogP contribution in [0.15, 0.2) is 39.4 Å². The van der Waals surface area contributed by atoms with Crippen LogP contribution in [-0.4, -0.2) is 109 Å². The van der Waals surface area contributed by atoms with Crippen LogP contribution in [0.2, 0.25) is 0 Å². The molecule has 0 aromatic rings. The van der Waals surface area contributed by atoms with Gasteiger partial charge in [-0.25, -0.2) is 0 Å². The van der Waals surface area contributed by atoms with Crippen molar-refractivity contribution < 1.29 is 28.4 Å². The molecule has 0 atom stereocenters. The Hall–Kier alpha value is -1.95. The predicted molar refractivity (Wildman–Crippen MR) is 194 cm³/mol. The number of methoxy groups -OCH3 is 5. The zero-order valence-corrected chi connectivity index (χ0v) is 31.1. The van der Waals surface area contributed by atoms with Gasteiger partial charge in [0.1, 0.15) is 13.5 Å². The number of hydrazone groups is 1. The third kappa shape index (κ3) is 199. The van der Waals surface area contributed by atoms with Crippen LogP contribution in [0.3, 0.4) is 0 Å². The zero-order valence-electron chi connectivity index (χ0n) is 31.1. The molecular formula is C33H76N4O6.